The Balaban J connectivity index is 0.000000641. The van der Waals surface area contributed by atoms with Crippen LogP contribution in [0.3, 0.4) is 0 Å². The van der Waals surface area contributed by atoms with Crippen LogP contribution in [0, 0.1) is 0 Å². The molecule has 2 aromatic rings. The van der Waals surface area contributed by atoms with Crippen molar-refractivity contribution >= 4 is 40.2 Å². The molecule has 2 heterocycles. The van der Waals surface area contributed by atoms with Gasteiger partial charge in [0.1, 0.15) is 10.6 Å². The van der Waals surface area contributed by atoms with Gasteiger partial charge in [0.15, 0.2) is 0 Å². The van der Waals surface area contributed by atoms with Gasteiger partial charge in [-0.05, 0) is 33.3 Å². The van der Waals surface area contributed by atoms with E-state index in [1.54, 1.807) is 6.92 Å². The molecular formula is C24H30N2O8S. The number of esters is 1. The third-order valence-electron chi connectivity index (χ3n) is 5.15. The molecule has 1 amide bonds. The third kappa shape index (κ3) is 7.88. The van der Waals surface area contributed by atoms with E-state index < -0.39 is 17.9 Å². The second-order valence-electron chi connectivity index (χ2n) is 7.93. The van der Waals surface area contributed by atoms with Crippen molar-refractivity contribution in [2.75, 3.05) is 25.0 Å². The summed E-state index contributed by atoms with van der Waals surface area (Å²) < 4.78 is 11.0. The molecule has 0 bridgehead atoms. The highest BCUT2D eigenvalue weighted by Crippen LogP contribution is 2.36. The number of nitrogens with zero attached hydrogens (tertiary/aromatic N) is 1. The minimum atomic E-state index is -1.82. The molecule has 1 aromatic heterocycles. The molecule has 0 radical (unpaired) electrons. The summed E-state index contributed by atoms with van der Waals surface area (Å²) in [5.74, 6) is -4.22. The van der Waals surface area contributed by atoms with Gasteiger partial charge < -0.3 is 25.0 Å². The van der Waals surface area contributed by atoms with Crippen molar-refractivity contribution in [2.24, 2.45) is 0 Å². The lowest BCUT2D eigenvalue weighted by Crippen LogP contribution is -2.52. The quantitative estimate of drug-likeness (QED) is 0.398. The van der Waals surface area contributed by atoms with E-state index in [4.69, 9.17) is 29.3 Å². The molecular weight excluding hydrogens is 476 g/mol. The number of nitrogens with one attached hydrogen (secondary N) is 1. The molecule has 1 fully saturated rings. The van der Waals surface area contributed by atoms with Gasteiger partial charge in [0, 0.05) is 24.0 Å². The number of hydrogen-bond donors (Lipinski definition) is 3. The molecule has 3 atom stereocenters. The number of hydrogen-bond acceptors (Lipinski definition) is 8. The summed E-state index contributed by atoms with van der Waals surface area (Å²) in [6.45, 7) is 9.35. The predicted molar refractivity (Wildman–Crippen MR) is 131 cm³/mol. The van der Waals surface area contributed by atoms with Crippen molar-refractivity contribution in [3.05, 3.63) is 41.3 Å². The topological polar surface area (TPSA) is 142 Å². The number of aliphatic carboxylic acids is 2. The molecule has 1 aliphatic rings. The van der Waals surface area contributed by atoms with Gasteiger partial charge in [0.05, 0.1) is 24.9 Å². The van der Waals surface area contributed by atoms with Crippen LogP contribution in [0.5, 0.6) is 0 Å². The third-order valence-corrected chi connectivity index (χ3v) is 6.05. The van der Waals surface area contributed by atoms with E-state index in [9.17, 15) is 9.59 Å². The van der Waals surface area contributed by atoms with Crippen LogP contribution in [0.4, 0.5) is 5.00 Å². The largest absolute Gasteiger partial charge is 0.473 e. The van der Waals surface area contributed by atoms with Crippen LogP contribution in [0.2, 0.25) is 0 Å². The summed E-state index contributed by atoms with van der Waals surface area (Å²) in [4.78, 5) is 45.9. The number of amides is 1. The SMILES string of the molecule is CCOC(=O)c1c(-c2ccccc2)csc1NC(=O)C(C)N1CC(C)OC(C)C1.O=C(O)C(=O)O. The first-order valence-corrected chi connectivity index (χ1v) is 11.9. The highest BCUT2D eigenvalue weighted by molar-refractivity contribution is 7.15. The van der Waals surface area contributed by atoms with E-state index >= 15 is 0 Å². The molecule has 1 aromatic carbocycles. The second-order valence-corrected chi connectivity index (χ2v) is 8.81. The first kappa shape index (κ1) is 28.0. The summed E-state index contributed by atoms with van der Waals surface area (Å²) in [5.41, 5.74) is 2.09. The maximum absolute atomic E-state index is 13.0. The summed E-state index contributed by atoms with van der Waals surface area (Å²) in [7, 11) is 0. The fraction of sp³-hybridized carbons (Fsp3) is 0.417. The first-order valence-electron chi connectivity index (χ1n) is 11.1. The number of anilines is 1. The van der Waals surface area contributed by atoms with Crippen molar-refractivity contribution in [1.82, 2.24) is 4.90 Å². The first-order chi connectivity index (χ1) is 16.5. The summed E-state index contributed by atoms with van der Waals surface area (Å²) >= 11 is 1.34. The zero-order valence-corrected chi connectivity index (χ0v) is 20.8. The van der Waals surface area contributed by atoms with Gasteiger partial charge in [0.2, 0.25) is 5.91 Å². The molecule has 1 aliphatic heterocycles. The molecule has 11 heteroatoms. The Morgan fingerprint density at radius 3 is 2.20 bits per heavy atom. The van der Waals surface area contributed by atoms with Crippen LogP contribution >= 0.6 is 11.3 Å². The summed E-state index contributed by atoms with van der Waals surface area (Å²) in [6.07, 6.45) is 0.158. The Morgan fingerprint density at radius 1 is 1.11 bits per heavy atom. The summed E-state index contributed by atoms with van der Waals surface area (Å²) in [6, 6.07) is 9.31. The monoisotopic (exact) mass is 506 g/mol. The average molecular weight is 507 g/mol. The number of ether oxygens (including phenoxy) is 2. The van der Waals surface area contributed by atoms with Gasteiger partial charge in [0.25, 0.3) is 0 Å². The number of carboxylic acids is 2. The minimum Gasteiger partial charge on any atom is -0.473 e. The number of carboxylic acid groups (broad SMARTS) is 2. The molecule has 3 N–H and O–H groups in total. The van der Waals surface area contributed by atoms with Gasteiger partial charge in [-0.15, -0.1) is 11.3 Å². The van der Waals surface area contributed by atoms with Crippen LogP contribution in [0.25, 0.3) is 11.1 Å². The molecule has 10 nitrogen and oxygen atoms in total. The number of morpholine rings is 1. The van der Waals surface area contributed by atoms with Crippen molar-refractivity contribution in [3.8, 4) is 11.1 Å². The number of carbonyl (C=O) groups excluding carboxylic acids is 2. The Kier molecular flexibility index (Phi) is 10.4. The van der Waals surface area contributed by atoms with Crippen molar-refractivity contribution < 1.29 is 38.9 Å². The summed E-state index contributed by atoms with van der Waals surface area (Å²) in [5, 5.41) is 20.2. The normalized spacial score (nSPS) is 18.5. The van der Waals surface area contributed by atoms with Crippen LogP contribution in [0.1, 0.15) is 38.1 Å². The highest BCUT2D eigenvalue weighted by atomic mass is 32.1. The molecule has 1 saturated heterocycles. The van der Waals surface area contributed by atoms with E-state index in [1.807, 2.05) is 56.5 Å². The maximum atomic E-state index is 13.0. The van der Waals surface area contributed by atoms with Crippen LogP contribution in [0.15, 0.2) is 35.7 Å². The molecule has 190 valence electrons. The second kappa shape index (κ2) is 13.0. The van der Waals surface area contributed by atoms with Crippen LogP contribution < -0.4 is 5.32 Å². The van der Waals surface area contributed by atoms with E-state index in [-0.39, 0.29) is 30.8 Å². The van der Waals surface area contributed by atoms with E-state index in [1.165, 1.54) is 11.3 Å². The van der Waals surface area contributed by atoms with Crippen LogP contribution in [-0.4, -0.2) is 76.9 Å². The standard InChI is InChI=1S/C22H28N2O4S.C2H2O4/c1-5-27-22(26)19-18(17-9-7-6-8-10-17)13-29-21(19)23-20(25)16(4)24-11-14(2)28-15(3)12-24;3-1(4)2(5)6/h6-10,13-16H,5,11-12H2,1-4H3,(H,23,25);(H,3,4)(H,5,6). The number of thiophene rings is 1. The molecule has 3 rings (SSSR count). The van der Waals surface area contributed by atoms with E-state index in [2.05, 4.69) is 10.2 Å². The fourth-order valence-electron chi connectivity index (χ4n) is 3.60. The van der Waals surface area contributed by atoms with Gasteiger partial charge in [-0.25, -0.2) is 14.4 Å². The van der Waals surface area contributed by atoms with Gasteiger partial charge in [-0.3, -0.25) is 9.69 Å². The number of carbonyl (C=O) groups is 4. The predicted octanol–water partition coefficient (Wildman–Crippen LogP) is 3.18. The zero-order chi connectivity index (χ0) is 26.1. The maximum Gasteiger partial charge on any atom is 0.414 e. The van der Waals surface area contributed by atoms with E-state index in [0.717, 1.165) is 11.1 Å². The van der Waals surface area contributed by atoms with Gasteiger partial charge in [-0.1, -0.05) is 30.3 Å². The lowest BCUT2D eigenvalue weighted by Gasteiger charge is -2.38. The zero-order valence-electron chi connectivity index (χ0n) is 20.0. The minimum absolute atomic E-state index is 0.0792. The molecule has 0 saturated carbocycles. The Labute approximate surface area is 207 Å². The van der Waals surface area contributed by atoms with Gasteiger partial charge >= 0.3 is 17.9 Å². The van der Waals surface area contributed by atoms with E-state index in [0.29, 0.717) is 23.7 Å². The molecule has 0 aliphatic carbocycles. The van der Waals surface area contributed by atoms with Crippen LogP contribution in [-0.2, 0) is 23.9 Å². The molecule has 0 spiro atoms. The molecule has 35 heavy (non-hydrogen) atoms. The smallest absolute Gasteiger partial charge is 0.414 e. The van der Waals surface area contributed by atoms with Crippen molar-refractivity contribution in [2.45, 2.75) is 45.9 Å². The fourth-order valence-corrected chi connectivity index (χ4v) is 4.56. The number of benzene rings is 1. The number of rotatable bonds is 6. The lowest BCUT2D eigenvalue weighted by atomic mass is 10.0. The average Bonchev–Trinajstić information content (AvgIpc) is 3.22. The Hall–Kier alpha value is -3.28. The van der Waals surface area contributed by atoms with Gasteiger partial charge in [-0.2, -0.15) is 0 Å². The Morgan fingerprint density at radius 2 is 1.69 bits per heavy atom. The molecule has 3 unspecified atom stereocenters. The van der Waals surface area contributed by atoms with Crippen molar-refractivity contribution in [3.63, 3.8) is 0 Å². The highest BCUT2D eigenvalue weighted by Gasteiger charge is 2.31. The lowest BCUT2D eigenvalue weighted by molar-refractivity contribution is -0.159. The van der Waals surface area contributed by atoms with Crippen molar-refractivity contribution in [1.29, 1.82) is 0 Å². The Bertz CT molecular complexity index is 1020.